The zero-order valence-electron chi connectivity index (χ0n) is 23.9. The van der Waals surface area contributed by atoms with E-state index in [1.165, 1.54) is 18.2 Å². The summed E-state index contributed by atoms with van der Waals surface area (Å²) < 4.78 is 3.80. The molecule has 5 N–H and O–H groups in total. The molecule has 12 heteroatoms. The maximum atomic E-state index is 13.1. The highest BCUT2D eigenvalue weighted by Gasteiger charge is 2.27. The number of aryl methyl sites for hydroxylation is 1. The Morgan fingerprint density at radius 1 is 1.07 bits per heavy atom. The summed E-state index contributed by atoms with van der Waals surface area (Å²) in [6.45, 7) is 1.52. The van der Waals surface area contributed by atoms with Gasteiger partial charge in [-0.1, -0.05) is 6.07 Å². The van der Waals surface area contributed by atoms with Crippen molar-refractivity contribution < 1.29 is 14.7 Å². The van der Waals surface area contributed by atoms with Crippen molar-refractivity contribution in [1.29, 1.82) is 0 Å². The van der Waals surface area contributed by atoms with E-state index in [2.05, 4.69) is 21.7 Å². The summed E-state index contributed by atoms with van der Waals surface area (Å²) in [6, 6.07) is 17.7. The smallest absolute Gasteiger partial charge is 0.251 e. The summed E-state index contributed by atoms with van der Waals surface area (Å²) in [7, 11) is 0. The first kappa shape index (κ1) is 26.7. The third-order valence-corrected chi connectivity index (χ3v) is 8.47. The molecule has 222 valence electrons. The van der Waals surface area contributed by atoms with E-state index in [4.69, 9.17) is 20.8 Å². The molecule has 1 aliphatic heterocycles. The van der Waals surface area contributed by atoms with E-state index in [-0.39, 0.29) is 23.3 Å². The van der Waals surface area contributed by atoms with Crippen LogP contribution in [0, 0.1) is 0 Å². The molecule has 12 nitrogen and oxygen atoms in total. The van der Waals surface area contributed by atoms with Crippen LogP contribution < -0.4 is 16.4 Å². The number of aromatic hydroxyl groups is 1. The minimum absolute atomic E-state index is 0.0714. The molecule has 0 spiro atoms. The van der Waals surface area contributed by atoms with Gasteiger partial charge in [0.1, 0.15) is 17.1 Å². The van der Waals surface area contributed by atoms with Crippen LogP contribution in [0.15, 0.2) is 73.1 Å². The Labute approximate surface area is 256 Å². The van der Waals surface area contributed by atoms with E-state index >= 15 is 0 Å². The van der Waals surface area contributed by atoms with Crippen molar-refractivity contribution in [2.45, 2.75) is 32.0 Å². The van der Waals surface area contributed by atoms with Gasteiger partial charge in [-0.3, -0.25) is 14.2 Å². The number of nitrogens with one attached hydrogen (secondary N) is 2. The predicted octanol–water partition coefficient (Wildman–Crippen LogP) is 3.79. The summed E-state index contributed by atoms with van der Waals surface area (Å²) >= 11 is 0. The topological polar surface area (TPSA) is 166 Å². The van der Waals surface area contributed by atoms with Gasteiger partial charge in [-0.25, -0.2) is 19.6 Å². The maximum Gasteiger partial charge on any atom is 0.251 e. The van der Waals surface area contributed by atoms with E-state index < -0.39 is 0 Å². The Balaban J connectivity index is 1.19. The second-order valence-corrected chi connectivity index (χ2v) is 11.2. The highest BCUT2D eigenvalue weighted by atomic mass is 16.3. The first-order valence-corrected chi connectivity index (χ1v) is 14.6. The van der Waals surface area contributed by atoms with E-state index in [1.807, 2.05) is 51.8 Å². The molecule has 0 radical (unpaired) electrons. The lowest BCUT2D eigenvalue weighted by Crippen LogP contribution is -2.27. The number of rotatable bonds is 6. The molecule has 0 unspecified atom stereocenters. The summed E-state index contributed by atoms with van der Waals surface area (Å²) in [6.07, 6.45) is 5.66. The maximum absolute atomic E-state index is 13.1. The first-order chi connectivity index (χ1) is 22.0. The quantitative estimate of drug-likeness (QED) is 0.209. The zero-order valence-corrected chi connectivity index (χ0v) is 23.9. The van der Waals surface area contributed by atoms with Gasteiger partial charge in [-0.05, 0) is 78.6 Å². The molecular formula is C33H27N9O3. The minimum Gasteiger partial charge on any atom is -0.507 e. The standard InChI is InChI=1S/C33H27N9O3/c34-30-24(2-1-11-36-30)31-37-26-8-10-29(41-16-21-14-35-15-27(21)40-41)39-32(26)42(31)22-5-6-23-18(13-22)3-7-25(23)38-33(45)19-4-9-28(44)20(12-19)17-43/h1-2,4-6,8-13,16-17,25,35,44H,3,7,14-15H2,(H2,34,36)(H,38,45)/t25-/m0/s1. The number of phenols is 1. The Bertz CT molecular complexity index is 2150. The van der Waals surface area contributed by atoms with E-state index in [0.717, 1.165) is 54.0 Å². The number of pyridine rings is 2. The monoisotopic (exact) mass is 597 g/mol. The normalized spacial score (nSPS) is 15.2. The summed E-state index contributed by atoms with van der Waals surface area (Å²) in [5.74, 6) is 1.19. The van der Waals surface area contributed by atoms with Gasteiger partial charge in [-0.2, -0.15) is 5.10 Å². The van der Waals surface area contributed by atoms with Crippen LogP contribution in [-0.4, -0.2) is 46.6 Å². The molecule has 0 saturated carbocycles. The Morgan fingerprint density at radius 3 is 2.82 bits per heavy atom. The number of nitrogens with zero attached hydrogens (tertiary/aromatic N) is 6. The van der Waals surface area contributed by atoms with Crippen LogP contribution in [0.4, 0.5) is 5.82 Å². The Hall–Kier alpha value is -5.88. The molecular weight excluding hydrogens is 570 g/mol. The fourth-order valence-corrected chi connectivity index (χ4v) is 6.21. The highest BCUT2D eigenvalue weighted by molar-refractivity contribution is 5.96. The number of fused-ring (bicyclic) bond motifs is 3. The van der Waals surface area contributed by atoms with Crippen LogP contribution in [0.3, 0.4) is 0 Å². The largest absolute Gasteiger partial charge is 0.507 e. The van der Waals surface area contributed by atoms with Gasteiger partial charge < -0.3 is 21.5 Å². The van der Waals surface area contributed by atoms with Crippen LogP contribution in [0.1, 0.15) is 55.6 Å². The van der Waals surface area contributed by atoms with Gasteiger partial charge >= 0.3 is 0 Å². The van der Waals surface area contributed by atoms with Crippen molar-refractivity contribution in [1.82, 2.24) is 39.9 Å². The number of hydrogen-bond donors (Lipinski definition) is 4. The fraction of sp³-hybridized carbons (Fsp3) is 0.152. The van der Waals surface area contributed by atoms with Crippen molar-refractivity contribution in [3.8, 4) is 28.6 Å². The number of hydrogen-bond acceptors (Lipinski definition) is 9. The van der Waals surface area contributed by atoms with Gasteiger partial charge in [-0.15, -0.1) is 0 Å². The summed E-state index contributed by atoms with van der Waals surface area (Å²) in [4.78, 5) is 38.6. The lowest BCUT2D eigenvalue weighted by atomic mass is 10.1. The van der Waals surface area contributed by atoms with Crippen molar-refractivity contribution >= 4 is 29.2 Å². The number of amides is 1. The first-order valence-electron chi connectivity index (χ1n) is 14.6. The van der Waals surface area contributed by atoms with E-state index in [9.17, 15) is 14.7 Å². The van der Waals surface area contributed by atoms with Crippen LogP contribution in [0.2, 0.25) is 0 Å². The van der Waals surface area contributed by atoms with Crippen LogP contribution >= 0.6 is 0 Å². The number of nitrogen functional groups attached to an aromatic ring is 1. The second kappa shape index (κ2) is 10.4. The molecule has 8 rings (SSSR count). The number of benzene rings is 2. The average Bonchev–Trinajstić information content (AvgIpc) is 3.83. The van der Waals surface area contributed by atoms with E-state index in [0.29, 0.717) is 46.0 Å². The van der Waals surface area contributed by atoms with Gasteiger partial charge in [0.15, 0.2) is 23.6 Å². The third kappa shape index (κ3) is 4.50. The number of carbonyl (C=O) groups is 2. The number of phenolic OH excluding ortho intramolecular Hbond substituents is 1. The van der Waals surface area contributed by atoms with Gasteiger partial charge in [0.05, 0.1) is 22.9 Å². The molecule has 4 aromatic heterocycles. The molecule has 0 bridgehead atoms. The number of nitrogens with two attached hydrogens (primary N) is 1. The lowest BCUT2D eigenvalue weighted by Gasteiger charge is -2.16. The molecule has 1 atom stereocenters. The molecule has 2 aliphatic rings. The number of carbonyl (C=O) groups excluding carboxylic acids is 2. The number of imidazole rings is 1. The van der Waals surface area contributed by atoms with Crippen LogP contribution in [-0.2, 0) is 19.5 Å². The zero-order chi connectivity index (χ0) is 30.7. The van der Waals surface area contributed by atoms with Gasteiger partial charge in [0, 0.05) is 42.3 Å². The summed E-state index contributed by atoms with van der Waals surface area (Å²) in [5, 5.41) is 20.9. The molecule has 1 aliphatic carbocycles. The van der Waals surface area contributed by atoms with E-state index in [1.54, 1.807) is 6.20 Å². The molecule has 0 fully saturated rings. The van der Waals surface area contributed by atoms with Crippen molar-refractivity contribution in [3.05, 3.63) is 107 Å². The minimum atomic E-state index is -0.313. The van der Waals surface area contributed by atoms with Gasteiger partial charge in [0.25, 0.3) is 5.91 Å². The molecule has 5 heterocycles. The molecule has 45 heavy (non-hydrogen) atoms. The molecule has 0 saturated heterocycles. The number of aldehydes is 1. The second-order valence-electron chi connectivity index (χ2n) is 11.2. The third-order valence-electron chi connectivity index (χ3n) is 8.47. The molecule has 1 amide bonds. The van der Waals surface area contributed by atoms with Crippen LogP contribution in [0.5, 0.6) is 5.75 Å². The number of aromatic nitrogens is 6. The molecule has 2 aromatic carbocycles. The Kier molecular flexibility index (Phi) is 6.17. The lowest BCUT2D eigenvalue weighted by molar-refractivity contribution is 0.0936. The Morgan fingerprint density at radius 2 is 1.98 bits per heavy atom. The number of anilines is 1. The van der Waals surface area contributed by atoms with Crippen molar-refractivity contribution in [2.24, 2.45) is 0 Å². The molecule has 6 aromatic rings. The van der Waals surface area contributed by atoms with Gasteiger partial charge in [0.2, 0.25) is 0 Å². The summed E-state index contributed by atoms with van der Waals surface area (Å²) in [5.41, 5.74) is 13.9. The predicted molar refractivity (Wildman–Crippen MR) is 166 cm³/mol. The fourth-order valence-electron chi connectivity index (χ4n) is 6.21. The van der Waals surface area contributed by atoms with Crippen molar-refractivity contribution in [2.75, 3.05) is 5.73 Å². The van der Waals surface area contributed by atoms with Crippen LogP contribution in [0.25, 0.3) is 34.1 Å². The average molecular weight is 598 g/mol. The SMILES string of the molecule is Nc1ncccc1-c1nc2ccc(-n3cc4c(n3)CNC4)nc2n1-c1ccc2c(c1)CC[C@@H]2NC(=O)c1ccc(O)c(C=O)c1. The highest BCUT2D eigenvalue weighted by Crippen LogP contribution is 2.36. The van der Waals surface area contributed by atoms with Crippen molar-refractivity contribution in [3.63, 3.8) is 0 Å².